The second kappa shape index (κ2) is 7.12. The van der Waals surface area contributed by atoms with Crippen molar-refractivity contribution in [1.82, 2.24) is 0 Å². The van der Waals surface area contributed by atoms with E-state index in [0.717, 1.165) is 12.8 Å². The maximum absolute atomic E-state index is 7.49. The summed E-state index contributed by atoms with van der Waals surface area (Å²) in [4.78, 5) is 0. The van der Waals surface area contributed by atoms with E-state index in [2.05, 4.69) is 30.9 Å². The van der Waals surface area contributed by atoms with E-state index in [4.69, 9.17) is 1.37 Å². The molecule has 1 rings (SSSR count). The lowest BCUT2D eigenvalue weighted by atomic mass is 10.0. The molecule has 0 bridgehead atoms. The third-order valence-corrected chi connectivity index (χ3v) is 2.29. The highest BCUT2D eigenvalue weighted by atomic mass is 14.0. The molecule has 1 atom stereocenters. The van der Waals surface area contributed by atoms with Gasteiger partial charge in [-0.05, 0) is 18.4 Å². The molecule has 80 valence electrons. The third kappa shape index (κ3) is 5.27. The molecule has 0 aromatic heterocycles. The molecule has 0 radical (unpaired) electrons. The van der Waals surface area contributed by atoms with E-state index in [1.807, 2.05) is 18.2 Å². The van der Waals surface area contributed by atoms with Gasteiger partial charge in [-0.2, -0.15) is 0 Å². The summed E-state index contributed by atoms with van der Waals surface area (Å²) in [5.41, 5.74) is 1.28. The molecule has 0 aliphatic carbocycles. The van der Waals surface area contributed by atoms with Crippen LogP contribution in [0.2, 0.25) is 0 Å². The van der Waals surface area contributed by atoms with Gasteiger partial charge in [-0.1, -0.05) is 56.5 Å². The molecule has 0 amide bonds. The average molecular weight is 201 g/mol. The van der Waals surface area contributed by atoms with Crippen LogP contribution in [0.25, 0.3) is 0 Å². The number of hydrogen-bond acceptors (Lipinski definition) is 0. The Bertz CT molecular complexity index is 331. The van der Waals surface area contributed by atoms with Crippen LogP contribution in [-0.4, -0.2) is 0 Å². The minimum Gasteiger partial charge on any atom is -0.103 e. The Morgan fingerprint density at radius 3 is 2.80 bits per heavy atom. The number of rotatable bonds is 4. The van der Waals surface area contributed by atoms with E-state index in [-0.39, 0.29) is 5.92 Å². The lowest BCUT2D eigenvalue weighted by Gasteiger charge is -2.03. The van der Waals surface area contributed by atoms with E-state index < -0.39 is 0 Å². The summed E-state index contributed by atoms with van der Waals surface area (Å²) >= 11 is 0. The molecule has 0 N–H and O–H groups in total. The van der Waals surface area contributed by atoms with Gasteiger partial charge < -0.3 is 0 Å². The van der Waals surface area contributed by atoms with E-state index >= 15 is 0 Å². The molecular weight excluding hydrogens is 180 g/mol. The summed E-state index contributed by atoms with van der Waals surface area (Å²) in [7, 11) is 0. The second-order valence-corrected chi connectivity index (χ2v) is 3.81. The van der Waals surface area contributed by atoms with Crippen LogP contribution in [-0.2, 0) is 6.42 Å². The summed E-state index contributed by atoms with van der Waals surface area (Å²) in [6.45, 7) is 2.57. The quantitative estimate of drug-likeness (QED) is 0.509. The van der Waals surface area contributed by atoms with Gasteiger partial charge in [0.2, 0.25) is 0 Å². The largest absolute Gasteiger partial charge is 0.103 e. The van der Waals surface area contributed by atoms with Crippen molar-refractivity contribution in [2.45, 2.75) is 39.5 Å². The lowest BCUT2D eigenvalue weighted by molar-refractivity contribution is 0.746. The van der Waals surface area contributed by atoms with Gasteiger partial charge in [0.15, 0.2) is 0 Å². The Morgan fingerprint density at radius 2 is 2.13 bits per heavy atom. The topological polar surface area (TPSA) is 0 Å². The first kappa shape index (κ1) is 10.3. The predicted octanol–water partition coefficient (Wildman–Crippen LogP) is 4.06. The van der Waals surface area contributed by atoms with Crippen molar-refractivity contribution in [3.63, 3.8) is 0 Å². The summed E-state index contributed by atoms with van der Waals surface area (Å²) < 4.78 is 7.49. The molecule has 0 aliphatic rings. The van der Waals surface area contributed by atoms with Gasteiger partial charge in [0, 0.05) is 13.7 Å². The van der Waals surface area contributed by atoms with Crippen LogP contribution in [0.4, 0.5) is 0 Å². The van der Waals surface area contributed by atoms with Crippen LogP contribution in [0.3, 0.4) is 0 Å². The fraction of sp³-hybridized carbons (Fsp3) is 0.467. The van der Waals surface area contributed by atoms with Crippen molar-refractivity contribution in [2.75, 3.05) is 0 Å². The molecule has 0 heterocycles. The lowest BCUT2D eigenvalue weighted by Crippen LogP contribution is -1.95. The number of benzene rings is 1. The highest BCUT2D eigenvalue weighted by Crippen LogP contribution is 2.07. The second-order valence-electron chi connectivity index (χ2n) is 3.81. The fourth-order valence-electron chi connectivity index (χ4n) is 1.43. The van der Waals surface area contributed by atoms with Gasteiger partial charge in [0.25, 0.3) is 0 Å². The van der Waals surface area contributed by atoms with Gasteiger partial charge in [0.1, 0.15) is 0 Å². The Morgan fingerprint density at radius 1 is 1.33 bits per heavy atom. The van der Waals surface area contributed by atoms with Crippen LogP contribution >= 0.6 is 0 Å². The first-order valence-corrected chi connectivity index (χ1v) is 5.68. The van der Waals surface area contributed by atoms with Gasteiger partial charge in [-0.25, -0.2) is 0 Å². The molecule has 1 aromatic carbocycles. The Labute approximate surface area is 95.1 Å². The van der Waals surface area contributed by atoms with Crippen LogP contribution in [0, 0.1) is 17.8 Å². The van der Waals surface area contributed by atoms with Crippen LogP contribution in [0.5, 0.6) is 0 Å². The van der Waals surface area contributed by atoms with E-state index in [9.17, 15) is 0 Å². The molecule has 0 saturated heterocycles. The molecule has 1 unspecified atom stereocenters. The van der Waals surface area contributed by atoms with Crippen molar-refractivity contribution in [2.24, 2.45) is 5.92 Å². The molecular formula is C15H20. The highest BCUT2D eigenvalue weighted by molar-refractivity contribution is 5.17. The van der Waals surface area contributed by atoms with Gasteiger partial charge in [-0.15, -0.1) is 5.92 Å². The summed E-state index contributed by atoms with van der Waals surface area (Å²) in [5.74, 6) is 6.60. The van der Waals surface area contributed by atoms with Crippen molar-refractivity contribution in [1.29, 1.82) is 0 Å². The monoisotopic (exact) mass is 201 g/mol. The molecule has 0 spiro atoms. The summed E-state index contributed by atoms with van der Waals surface area (Å²) in [6, 6.07) is 10.3. The zero-order chi connectivity index (χ0) is 11.6. The Balaban J connectivity index is 2.45. The van der Waals surface area contributed by atoms with Gasteiger partial charge in [-0.3, -0.25) is 0 Å². The fourth-order valence-corrected chi connectivity index (χ4v) is 1.43. The average Bonchev–Trinajstić information content (AvgIpc) is 2.34. The number of hydrogen-bond donors (Lipinski definition) is 0. The summed E-state index contributed by atoms with van der Waals surface area (Å²) in [6.07, 6.45) is 4.24. The minimum atomic E-state index is 0.194. The predicted molar refractivity (Wildman–Crippen MR) is 66.6 cm³/mol. The van der Waals surface area contributed by atoms with Crippen molar-refractivity contribution in [3.05, 3.63) is 35.9 Å². The minimum absolute atomic E-state index is 0.194. The zero-order valence-electron chi connectivity index (χ0n) is 10.5. The SMILES string of the molecule is [2H]CC(C#CCCCC)Cc1ccccc1. The smallest absolute Gasteiger partial charge is 0.0243 e. The van der Waals surface area contributed by atoms with E-state index in [1.54, 1.807) is 0 Å². The van der Waals surface area contributed by atoms with Crippen molar-refractivity contribution >= 4 is 0 Å². The molecule has 0 nitrogen and oxygen atoms in total. The number of unbranched alkanes of at least 4 members (excludes halogenated alkanes) is 2. The van der Waals surface area contributed by atoms with Crippen molar-refractivity contribution < 1.29 is 1.37 Å². The van der Waals surface area contributed by atoms with Crippen molar-refractivity contribution in [3.8, 4) is 11.8 Å². The maximum Gasteiger partial charge on any atom is 0.0243 e. The van der Waals surface area contributed by atoms with Crippen LogP contribution in [0.15, 0.2) is 30.3 Å². The Kier molecular flexibility index (Phi) is 4.89. The first-order chi connectivity index (χ1) is 7.86. The van der Waals surface area contributed by atoms with E-state index in [1.165, 1.54) is 18.4 Å². The molecule has 0 aliphatic heterocycles. The van der Waals surface area contributed by atoms with E-state index in [0.29, 0.717) is 6.90 Å². The van der Waals surface area contributed by atoms with Gasteiger partial charge in [0.05, 0.1) is 0 Å². The summed E-state index contributed by atoms with van der Waals surface area (Å²) in [5, 5.41) is 0. The Hall–Kier alpha value is -1.22. The third-order valence-electron chi connectivity index (χ3n) is 2.29. The molecule has 1 aromatic rings. The molecule has 0 fully saturated rings. The maximum atomic E-state index is 7.49. The molecule has 0 heteroatoms. The first-order valence-electron chi connectivity index (χ1n) is 6.39. The normalized spacial score (nSPS) is 12.5. The molecule has 0 saturated carbocycles. The molecule has 15 heavy (non-hydrogen) atoms. The van der Waals surface area contributed by atoms with Gasteiger partial charge >= 0.3 is 0 Å². The van der Waals surface area contributed by atoms with Crippen LogP contribution < -0.4 is 0 Å². The highest BCUT2D eigenvalue weighted by Gasteiger charge is 1.98. The van der Waals surface area contributed by atoms with Crippen LogP contribution in [0.1, 0.15) is 40.0 Å². The standard InChI is InChI=1S/C15H20/c1-3-4-5-7-10-14(2)13-15-11-8-6-9-12-15/h6,8-9,11-12,14H,3-5,13H2,1-2H3/i2D. The zero-order valence-corrected chi connectivity index (χ0v) is 9.50.